The molecule has 0 aromatic heterocycles. The van der Waals surface area contributed by atoms with E-state index in [1.807, 2.05) is 0 Å². The SMILES string of the molecule is CC(C)[Si]1(C(C)C)CC=C(c2ccccc2)CCO1. The molecule has 1 aliphatic rings. The van der Waals surface area contributed by atoms with Crippen LogP contribution in [-0.2, 0) is 4.43 Å². The van der Waals surface area contributed by atoms with Crippen molar-refractivity contribution in [1.29, 1.82) is 0 Å². The van der Waals surface area contributed by atoms with Crippen LogP contribution in [0.2, 0.25) is 17.1 Å². The zero-order valence-corrected chi connectivity index (χ0v) is 13.6. The van der Waals surface area contributed by atoms with Crippen molar-refractivity contribution in [2.75, 3.05) is 6.61 Å². The summed E-state index contributed by atoms with van der Waals surface area (Å²) in [6, 6.07) is 11.9. The molecular weight excluding hydrogens is 248 g/mol. The van der Waals surface area contributed by atoms with E-state index in [0.29, 0.717) is 11.1 Å². The Labute approximate surface area is 118 Å². The molecule has 1 aromatic carbocycles. The normalized spacial score (nSPS) is 19.4. The largest absolute Gasteiger partial charge is 0.416 e. The number of allylic oxidation sites excluding steroid dienone is 1. The topological polar surface area (TPSA) is 9.23 Å². The van der Waals surface area contributed by atoms with Crippen molar-refractivity contribution in [1.82, 2.24) is 0 Å². The van der Waals surface area contributed by atoms with Crippen molar-refractivity contribution in [2.45, 2.75) is 51.2 Å². The van der Waals surface area contributed by atoms with Gasteiger partial charge in [-0.15, -0.1) is 0 Å². The first-order valence-electron chi connectivity index (χ1n) is 7.44. The molecule has 104 valence electrons. The fraction of sp³-hybridized carbons (Fsp3) is 0.529. The highest BCUT2D eigenvalue weighted by molar-refractivity contribution is 6.77. The second-order valence-electron chi connectivity index (χ2n) is 6.16. The number of benzene rings is 1. The maximum absolute atomic E-state index is 6.45. The van der Waals surface area contributed by atoms with Gasteiger partial charge in [0.25, 0.3) is 0 Å². The molecule has 1 aromatic rings. The first-order valence-corrected chi connectivity index (χ1v) is 9.71. The highest BCUT2D eigenvalue weighted by atomic mass is 28.4. The fourth-order valence-electron chi connectivity index (χ4n) is 3.18. The molecular formula is C17H26OSi. The number of hydrogen-bond acceptors (Lipinski definition) is 1. The van der Waals surface area contributed by atoms with Gasteiger partial charge in [0, 0.05) is 6.61 Å². The third kappa shape index (κ3) is 3.01. The summed E-state index contributed by atoms with van der Waals surface area (Å²) >= 11 is 0. The molecule has 1 nitrogen and oxygen atoms in total. The van der Waals surface area contributed by atoms with Gasteiger partial charge in [-0.3, -0.25) is 0 Å². The summed E-state index contributed by atoms with van der Waals surface area (Å²) in [5.74, 6) is 0. The highest BCUT2D eigenvalue weighted by Crippen LogP contribution is 2.40. The first-order chi connectivity index (χ1) is 9.06. The van der Waals surface area contributed by atoms with Crippen molar-refractivity contribution < 1.29 is 4.43 Å². The van der Waals surface area contributed by atoms with Crippen LogP contribution in [0.4, 0.5) is 0 Å². The molecule has 0 spiro atoms. The van der Waals surface area contributed by atoms with Crippen molar-refractivity contribution in [3.63, 3.8) is 0 Å². The minimum absolute atomic E-state index is 0.680. The molecule has 2 rings (SSSR count). The molecule has 1 aliphatic heterocycles. The lowest BCUT2D eigenvalue weighted by atomic mass is 10.0. The highest BCUT2D eigenvalue weighted by Gasteiger charge is 2.41. The van der Waals surface area contributed by atoms with Crippen LogP contribution >= 0.6 is 0 Å². The Balaban J connectivity index is 2.26. The molecule has 0 N–H and O–H groups in total. The Bertz CT molecular complexity index is 426. The Hall–Kier alpha value is -0.863. The monoisotopic (exact) mass is 274 g/mol. The van der Waals surface area contributed by atoms with Crippen molar-refractivity contribution in [3.8, 4) is 0 Å². The summed E-state index contributed by atoms with van der Waals surface area (Å²) in [4.78, 5) is 0. The molecule has 0 atom stereocenters. The minimum atomic E-state index is -1.64. The lowest BCUT2D eigenvalue weighted by Crippen LogP contribution is -2.43. The second-order valence-corrected chi connectivity index (χ2v) is 11.1. The fourth-order valence-corrected chi connectivity index (χ4v) is 7.29. The summed E-state index contributed by atoms with van der Waals surface area (Å²) in [5.41, 5.74) is 4.19. The second kappa shape index (κ2) is 6.06. The van der Waals surface area contributed by atoms with Crippen LogP contribution in [0.25, 0.3) is 5.57 Å². The number of rotatable bonds is 3. The average molecular weight is 274 g/mol. The van der Waals surface area contributed by atoms with Gasteiger partial charge in [-0.1, -0.05) is 64.1 Å². The zero-order chi connectivity index (χ0) is 13.9. The number of hydrogen-bond donors (Lipinski definition) is 0. The Morgan fingerprint density at radius 3 is 2.21 bits per heavy atom. The van der Waals surface area contributed by atoms with Crippen molar-refractivity contribution in [3.05, 3.63) is 42.0 Å². The smallest absolute Gasteiger partial charge is 0.201 e. The van der Waals surface area contributed by atoms with E-state index in [0.717, 1.165) is 19.1 Å². The van der Waals surface area contributed by atoms with Gasteiger partial charge in [0.15, 0.2) is 0 Å². The van der Waals surface area contributed by atoms with Crippen LogP contribution in [0, 0.1) is 0 Å². The van der Waals surface area contributed by atoms with Gasteiger partial charge < -0.3 is 4.43 Å². The molecule has 1 heterocycles. The van der Waals surface area contributed by atoms with Crippen LogP contribution in [0.15, 0.2) is 36.4 Å². The Morgan fingerprint density at radius 1 is 1.00 bits per heavy atom. The molecule has 19 heavy (non-hydrogen) atoms. The van der Waals surface area contributed by atoms with E-state index in [4.69, 9.17) is 4.43 Å². The Morgan fingerprint density at radius 2 is 1.63 bits per heavy atom. The van der Waals surface area contributed by atoms with Gasteiger partial charge in [-0.25, -0.2) is 0 Å². The summed E-state index contributed by atoms with van der Waals surface area (Å²) in [7, 11) is -1.64. The van der Waals surface area contributed by atoms with E-state index in [1.54, 1.807) is 0 Å². The molecule has 0 fully saturated rings. The van der Waals surface area contributed by atoms with E-state index < -0.39 is 8.32 Å². The van der Waals surface area contributed by atoms with Crippen LogP contribution in [0.5, 0.6) is 0 Å². The molecule has 0 bridgehead atoms. The maximum Gasteiger partial charge on any atom is 0.201 e. The quantitative estimate of drug-likeness (QED) is 0.683. The minimum Gasteiger partial charge on any atom is -0.416 e. The van der Waals surface area contributed by atoms with Crippen LogP contribution in [0.1, 0.15) is 39.7 Å². The van der Waals surface area contributed by atoms with Gasteiger partial charge in [0.2, 0.25) is 8.32 Å². The van der Waals surface area contributed by atoms with E-state index in [-0.39, 0.29) is 0 Å². The van der Waals surface area contributed by atoms with E-state index in [1.165, 1.54) is 11.1 Å². The van der Waals surface area contributed by atoms with Gasteiger partial charge in [0.05, 0.1) is 0 Å². The van der Waals surface area contributed by atoms with Crippen molar-refractivity contribution >= 4 is 13.9 Å². The van der Waals surface area contributed by atoms with E-state index >= 15 is 0 Å². The summed E-state index contributed by atoms with van der Waals surface area (Å²) < 4.78 is 6.45. The molecule has 0 aliphatic carbocycles. The van der Waals surface area contributed by atoms with Gasteiger partial charge >= 0.3 is 0 Å². The third-order valence-corrected chi connectivity index (χ3v) is 10.0. The van der Waals surface area contributed by atoms with Crippen LogP contribution < -0.4 is 0 Å². The summed E-state index contributed by atoms with van der Waals surface area (Å²) in [5, 5.41) is 0. The predicted molar refractivity (Wildman–Crippen MR) is 85.7 cm³/mol. The van der Waals surface area contributed by atoms with E-state index in [2.05, 4.69) is 64.1 Å². The van der Waals surface area contributed by atoms with Gasteiger partial charge in [-0.05, 0) is 34.7 Å². The zero-order valence-electron chi connectivity index (χ0n) is 12.6. The molecule has 0 radical (unpaired) electrons. The van der Waals surface area contributed by atoms with Gasteiger partial charge in [-0.2, -0.15) is 0 Å². The lowest BCUT2D eigenvalue weighted by Gasteiger charge is -2.37. The third-order valence-electron chi connectivity index (χ3n) is 4.51. The van der Waals surface area contributed by atoms with Gasteiger partial charge in [0.1, 0.15) is 0 Å². The predicted octanol–water partition coefficient (Wildman–Crippen LogP) is 5.26. The Kier molecular flexibility index (Phi) is 4.64. The molecule has 2 heteroatoms. The molecule has 0 saturated heterocycles. The standard InChI is InChI=1S/C17H26OSi/c1-14(2)19(15(3)4)13-11-17(10-12-18-19)16-8-6-5-7-9-16/h5-9,11,14-15H,10,12-13H2,1-4H3. The molecule has 0 unspecified atom stereocenters. The van der Waals surface area contributed by atoms with Crippen LogP contribution in [0.3, 0.4) is 0 Å². The van der Waals surface area contributed by atoms with Crippen molar-refractivity contribution in [2.24, 2.45) is 0 Å². The molecule has 0 amide bonds. The van der Waals surface area contributed by atoms with E-state index in [9.17, 15) is 0 Å². The summed E-state index contributed by atoms with van der Waals surface area (Å²) in [6.45, 7) is 10.3. The lowest BCUT2D eigenvalue weighted by molar-refractivity contribution is 0.298. The maximum atomic E-state index is 6.45. The van der Waals surface area contributed by atoms with Crippen LogP contribution in [-0.4, -0.2) is 14.9 Å². The first kappa shape index (κ1) is 14.5. The summed E-state index contributed by atoms with van der Waals surface area (Å²) in [6.07, 6.45) is 3.52. The average Bonchev–Trinajstić information content (AvgIpc) is 2.63. The molecule has 0 saturated carbocycles.